The predicted molar refractivity (Wildman–Crippen MR) is 101 cm³/mol. The van der Waals surface area contributed by atoms with Crippen LogP contribution in [-0.4, -0.2) is 20.1 Å². The first-order valence-corrected chi connectivity index (χ1v) is 7.90. The molecule has 0 radical (unpaired) electrons. The number of anilines is 1. The van der Waals surface area contributed by atoms with Crippen molar-refractivity contribution in [1.82, 2.24) is 0 Å². The molecule has 0 heterocycles. The molecule has 25 heavy (non-hydrogen) atoms. The summed E-state index contributed by atoms with van der Waals surface area (Å²) in [5.41, 5.74) is 1.59. The molecule has 0 bridgehead atoms. The highest BCUT2D eigenvalue weighted by atomic mass is 16.5. The summed E-state index contributed by atoms with van der Waals surface area (Å²) in [6.07, 6.45) is 3.33. The summed E-state index contributed by atoms with van der Waals surface area (Å²) in [7, 11) is 3.14. The Morgan fingerprint density at radius 3 is 2.56 bits per heavy atom. The number of methoxy groups -OCH3 is 2. The van der Waals surface area contributed by atoms with Crippen LogP contribution < -0.4 is 14.8 Å². The third-order valence-corrected chi connectivity index (χ3v) is 3.90. The summed E-state index contributed by atoms with van der Waals surface area (Å²) in [5.74, 6) is 0.990. The molecule has 0 saturated carbocycles. The molecule has 1 amide bonds. The minimum atomic E-state index is -0.226. The Kier molecular flexibility index (Phi) is 5.00. The highest BCUT2D eigenvalue weighted by Crippen LogP contribution is 2.29. The second-order valence-corrected chi connectivity index (χ2v) is 5.46. The Bertz CT molecular complexity index is 926. The fraction of sp³-hybridized carbons (Fsp3) is 0.0952. The van der Waals surface area contributed by atoms with Crippen molar-refractivity contribution in [3.63, 3.8) is 0 Å². The highest BCUT2D eigenvalue weighted by Gasteiger charge is 2.07. The van der Waals surface area contributed by atoms with Crippen molar-refractivity contribution < 1.29 is 14.3 Å². The van der Waals surface area contributed by atoms with Crippen molar-refractivity contribution in [3.8, 4) is 11.5 Å². The molecule has 0 saturated heterocycles. The normalized spacial score (nSPS) is 10.8. The molecule has 3 aromatic rings. The molecule has 1 N–H and O–H groups in total. The van der Waals surface area contributed by atoms with Crippen LogP contribution in [0.3, 0.4) is 0 Å². The zero-order valence-corrected chi connectivity index (χ0v) is 14.2. The van der Waals surface area contributed by atoms with E-state index in [1.165, 1.54) is 6.08 Å². The van der Waals surface area contributed by atoms with Gasteiger partial charge in [-0.1, -0.05) is 42.5 Å². The molecular weight excluding hydrogens is 314 g/mol. The largest absolute Gasteiger partial charge is 0.497 e. The van der Waals surface area contributed by atoms with Gasteiger partial charge in [-0.05, 0) is 34.5 Å². The van der Waals surface area contributed by atoms with E-state index in [-0.39, 0.29) is 5.91 Å². The molecule has 3 rings (SSSR count). The Balaban J connectivity index is 1.79. The van der Waals surface area contributed by atoms with Crippen molar-refractivity contribution in [2.75, 3.05) is 19.5 Å². The van der Waals surface area contributed by atoms with Crippen molar-refractivity contribution >= 4 is 28.4 Å². The molecule has 0 aliphatic carbocycles. The van der Waals surface area contributed by atoms with Gasteiger partial charge in [0.1, 0.15) is 11.5 Å². The molecule has 0 atom stereocenters. The summed E-state index contributed by atoms with van der Waals surface area (Å²) in [5, 5.41) is 5.07. The molecule has 4 heteroatoms. The number of rotatable bonds is 5. The van der Waals surface area contributed by atoms with E-state index >= 15 is 0 Å². The lowest BCUT2D eigenvalue weighted by Crippen LogP contribution is -2.09. The fourth-order valence-corrected chi connectivity index (χ4v) is 2.64. The molecule has 126 valence electrons. The summed E-state index contributed by atoms with van der Waals surface area (Å²) in [6, 6.07) is 19.3. The zero-order valence-electron chi connectivity index (χ0n) is 14.2. The van der Waals surface area contributed by atoms with Gasteiger partial charge >= 0.3 is 0 Å². The Morgan fingerprint density at radius 1 is 0.960 bits per heavy atom. The summed E-state index contributed by atoms with van der Waals surface area (Å²) >= 11 is 0. The average Bonchev–Trinajstić information content (AvgIpc) is 2.66. The van der Waals surface area contributed by atoms with Gasteiger partial charge in [-0.2, -0.15) is 0 Å². The van der Waals surface area contributed by atoms with Crippen LogP contribution in [0.25, 0.3) is 16.8 Å². The van der Waals surface area contributed by atoms with Gasteiger partial charge in [-0.15, -0.1) is 0 Å². The zero-order chi connectivity index (χ0) is 17.6. The first kappa shape index (κ1) is 16.6. The number of hydrogen-bond donors (Lipinski definition) is 1. The number of nitrogens with one attached hydrogen (secondary N) is 1. The molecule has 0 aliphatic rings. The predicted octanol–water partition coefficient (Wildman–Crippen LogP) is 4.51. The summed E-state index contributed by atoms with van der Waals surface area (Å²) in [6.45, 7) is 0. The average molecular weight is 333 g/mol. The van der Waals surface area contributed by atoms with Crippen LogP contribution in [0.5, 0.6) is 11.5 Å². The van der Waals surface area contributed by atoms with E-state index in [4.69, 9.17) is 9.47 Å². The van der Waals surface area contributed by atoms with Crippen molar-refractivity contribution in [3.05, 3.63) is 72.3 Å². The maximum Gasteiger partial charge on any atom is 0.248 e. The third kappa shape index (κ3) is 3.80. The van der Waals surface area contributed by atoms with Gasteiger partial charge in [0.25, 0.3) is 0 Å². The number of hydrogen-bond acceptors (Lipinski definition) is 3. The van der Waals surface area contributed by atoms with Crippen LogP contribution in [0.4, 0.5) is 5.69 Å². The smallest absolute Gasteiger partial charge is 0.248 e. The third-order valence-electron chi connectivity index (χ3n) is 3.90. The van der Waals surface area contributed by atoms with Gasteiger partial charge in [0.2, 0.25) is 5.91 Å². The van der Waals surface area contributed by atoms with E-state index in [1.54, 1.807) is 32.4 Å². The van der Waals surface area contributed by atoms with Crippen LogP contribution in [0.2, 0.25) is 0 Å². The van der Waals surface area contributed by atoms with Gasteiger partial charge in [0, 0.05) is 12.1 Å². The molecule has 0 unspecified atom stereocenters. The lowest BCUT2D eigenvalue weighted by atomic mass is 10.0. The van der Waals surface area contributed by atoms with Crippen LogP contribution >= 0.6 is 0 Å². The Labute approximate surface area is 146 Å². The van der Waals surface area contributed by atoms with Crippen molar-refractivity contribution in [1.29, 1.82) is 0 Å². The van der Waals surface area contributed by atoms with Crippen LogP contribution in [0.1, 0.15) is 5.56 Å². The second kappa shape index (κ2) is 7.53. The van der Waals surface area contributed by atoms with Gasteiger partial charge in [0.15, 0.2) is 0 Å². The van der Waals surface area contributed by atoms with Gasteiger partial charge in [-0.3, -0.25) is 4.79 Å². The second-order valence-electron chi connectivity index (χ2n) is 5.46. The molecular formula is C21H19NO3. The van der Waals surface area contributed by atoms with E-state index in [9.17, 15) is 4.79 Å². The topological polar surface area (TPSA) is 47.6 Å². The number of benzene rings is 3. The van der Waals surface area contributed by atoms with Gasteiger partial charge in [0.05, 0.1) is 19.9 Å². The number of amides is 1. The monoisotopic (exact) mass is 333 g/mol. The van der Waals surface area contributed by atoms with Gasteiger partial charge < -0.3 is 14.8 Å². The van der Waals surface area contributed by atoms with Gasteiger partial charge in [-0.25, -0.2) is 0 Å². The van der Waals surface area contributed by atoms with Crippen molar-refractivity contribution in [2.24, 2.45) is 0 Å². The lowest BCUT2D eigenvalue weighted by molar-refractivity contribution is -0.111. The first-order valence-electron chi connectivity index (χ1n) is 7.90. The quantitative estimate of drug-likeness (QED) is 0.699. The summed E-state index contributed by atoms with van der Waals surface area (Å²) < 4.78 is 10.4. The minimum Gasteiger partial charge on any atom is -0.497 e. The number of carbonyl (C=O) groups excluding carboxylic acids is 1. The Morgan fingerprint density at radius 2 is 1.76 bits per heavy atom. The minimum absolute atomic E-state index is 0.226. The molecule has 0 aliphatic heterocycles. The SMILES string of the molecule is COc1ccc(NC(=O)C=Cc2cccc3ccccc23)c(OC)c1. The molecule has 0 fully saturated rings. The molecule has 3 aromatic carbocycles. The van der Waals surface area contributed by atoms with E-state index in [1.807, 2.05) is 36.4 Å². The lowest BCUT2D eigenvalue weighted by Gasteiger charge is -2.10. The van der Waals surface area contributed by atoms with E-state index in [0.29, 0.717) is 17.2 Å². The van der Waals surface area contributed by atoms with Crippen LogP contribution in [-0.2, 0) is 4.79 Å². The maximum absolute atomic E-state index is 12.3. The van der Waals surface area contributed by atoms with Crippen LogP contribution in [0.15, 0.2) is 66.7 Å². The highest BCUT2D eigenvalue weighted by molar-refractivity contribution is 6.04. The van der Waals surface area contributed by atoms with E-state index in [0.717, 1.165) is 16.3 Å². The summed E-state index contributed by atoms with van der Waals surface area (Å²) in [4.78, 5) is 12.3. The van der Waals surface area contributed by atoms with Crippen LogP contribution in [0, 0.1) is 0 Å². The first-order chi connectivity index (χ1) is 12.2. The van der Waals surface area contributed by atoms with E-state index in [2.05, 4.69) is 17.4 Å². The molecule has 4 nitrogen and oxygen atoms in total. The standard InChI is InChI=1S/C21H19NO3/c1-24-17-11-12-19(20(14-17)25-2)22-21(23)13-10-16-8-5-7-15-6-3-4-9-18(15)16/h3-14H,1-2H3,(H,22,23). The molecule has 0 aromatic heterocycles. The number of carbonyl (C=O) groups is 1. The van der Waals surface area contributed by atoms with Crippen molar-refractivity contribution in [2.45, 2.75) is 0 Å². The maximum atomic E-state index is 12.3. The van der Waals surface area contributed by atoms with E-state index < -0.39 is 0 Å². The Hall–Kier alpha value is -3.27. The number of ether oxygens (including phenoxy) is 2. The molecule has 0 spiro atoms. The fourth-order valence-electron chi connectivity index (χ4n) is 2.64. The number of fused-ring (bicyclic) bond motifs is 1.